The van der Waals surface area contributed by atoms with Gasteiger partial charge in [-0.15, -0.1) is 0 Å². The van der Waals surface area contributed by atoms with Crippen LogP contribution < -0.4 is 0 Å². The van der Waals surface area contributed by atoms with Crippen molar-refractivity contribution in [2.75, 3.05) is 7.05 Å². The first-order valence-corrected chi connectivity index (χ1v) is 7.72. The van der Waals surface area contributed by atoms with E-state index < -0.39 is 0 Å². The number of hydrogen-bond donors (Lipinski definition) is 0. The highest BCUT2D eigenvalue weighted by Gasteiger charge is 2.12. The molecule has 0 saturated heterocycles. The minimum absolute atomic E-state index is 0.567. The Balaban J connectivity index is 1.66. The van der Waals surface area contributed by atoms with Crippen molar-refractivity contribution in [3.63, 3.8) is 0 Å². The largest absolute Gasteiger partial charge is 0.453 e. The molecule has 0 unspecified atom stereocenters. The van der Waals surface area contributed by atoms with Crippen LogP contribution in [0.25, 0.3) is 11.4 Å². The van der Waals surface area contributed by atoms with Crippen molar-refractivity contribution in [2.45, 2.75) is 20.0 Å². The molecule has 0 bridgehead atoms. The summed E-state index contributed by atoms with van der Waals surface area (Å²) in [4.78, 5) is 6.50. The number of aromatic nitrogens is 2. The number of furan rings is 1. The van der Waals surface area contributed by atoms with E-state index in [0.29, 0.717) is 24.8 Å². The van der Waals surface area contributed by atoms with Gasteiger partial charge in [0.15, 0.2) is 4.67 Å². The fourth-order valence-corrected chi connectivity index (χ4v) is 2.55. The average molecular weight is 362 g/mol. The van der Waals surface area contributed by atoms with Crippen LogP contribution in [0.1, 0.15) is 17.2 Å². The normalized spacial score (nSPS) is 11.3. The number of nitrogens with zero attached hydrogens (tertiary/aromatic N) is 3. The molecule has 0 aliphatic heterocycles. The van der Waals surface area contributed by atoms with Gasteiger partial charge in [-0.05, 0) is 48.1 Å². The SMILES string of the molecule is Cc1cccc(-c2noc(CN(C)Cc3ccc(Br)o3)n2)c1. The molecule has 2 heterocycles. The fourth-order valence-electron chi connectivity index (χ4n) is 2.21. The summed E-state index contributed by atoms with van der Waals surface area (Å²) in [7, 11) is 1.98. The second-order valence-corrected chi connectivity index (χ2v) is 6.04. The van der Waals surface area contributed by atoms with Crippen LogP contribution in [-0.4, -0.2) is 22.1 Å². The quantitative estimate of drug-likeness (QED) is 0.686. The van der Waals surface area contributed by atoms with Crippen LogP contribution in [0.2, 0.25) is 0 Å². The van der Waals surface area contributed by atoms with Crippen molar-refractivity contribution < 1.29 is 8.94 Å². The Labute approximate surface area is 137 Å². The van der Waals surface area contributed by atoms with Gasteiger partial charge >= 0.3 is 0 Å². The lowest BCUT2D eigenvalue weighted by molar-refractivity contribution is 0.243. The highest BCUT2D eigenvalue weighted by atomic mass is 79.9. The summed E-state index contributed by atoms with van der Waals surface area (Å²) in [6.45, 7) is 3.28. The van der Waals surface area contributed by atoms with Gasteiger partial charge in [0.25, 0.3) is 0 Å². The minimum atomic E-state index is 0.567. The lowest BCUT2D eigenvalue weighted by Gasteiger charge is -2.11. The number of aryl methyl sites for hydroxylation is 1. The third-order valence-electron chi connectivity index (χ3n) is 3.20. The van der Waals surface area contributed by atoms with Crippen LogP contribution in [0.3, 0.4) is 0 Å². The molecule has 2 aromatic heterocycles. The van der Waals surface area contributed by atoms with Crippen molar-refractivity contribution in [3.05, 3.63) is 58.3 Å². The molecule has 3 rings (SSSR count). The Kier molecular flexibility index (Phi) is 4.40. The molecule has 0 amide bonds. The molecule has 22 heavy (non-hydrogen) atoms. The zero-order valence-corrected chi connectivity index (χ0v) is 14.0. The maximum atomic E-state index is 5.49. The molecule has 114 valence electrons. The van der Waals surface area contributed by atoms with Crippen molar-refractivity contribution in [2.24, 2.45) is 0 Å². The van der Waals surface area contributed by atoms with Gasteiger partial charge < -0.3 is 8.94 Å². The molecule has 0 N–H and O–H groups in total. The molecule has 1 aromatic carbocycles. The molecule has 0 aliphatic carbocycles. The van der Waals surface area contributed by atoms with Crippen molar-refractivity contribution in [1.82, 2.24) is 15.0 Å². The summed E-state index contributed by atoms with van der Waals surface area (Å²) in [5.74, 6) is 2.09. The number of halogens is 1. The molecule has 0 saturated carbocycles. The van der Waals surface area contributed by atoms with Gasteiger partial charge in [-0.3, -0.25) is 4.90 Å². The van der Waals surface area contributed by atoms with E-state index in [1.807, 2.05) is 50.4 Å². The first-order valence-electron chi connectivity index (χ1n) is 6.92. The zero-order valence-electron chi connectivity index (χ0n) is 12.4. The first-order chi connectivity index (χ1) is 10.6. The number of benzene rings is 1. The van der Waals surface area contributed by atoms with Crippen LogP contribution in [-0.2, 0) is 13.1 Å². The predicted molar refractivity (Wildman–Crippen MR) is 86.1 cm³/mol. The Morgan fingerprint density at radius 3 is 2.77 bits per heavy atom. The lowest BCUT2D eigenvalue weighted by atomic mass is 10.1. The Morgan fingerprint density at radius 2 is 2.05 bits per heavy atom. The third kappa shape index (κ3) is 3.64. The maximum Gasteiger partial charge on any atom is 0.241 e. The van der Waals surface area contributed by atoms with E-state index in [1.165, 1.54) is 5.56 Å². The maximum absolute atomic E-state index is 5.49. The van der Waals surface area contributed by atoms with Crippen LogP contribution in [0.15, 0.2) is 50.0 Å². The summed E-state index contributed by atoms with van der Waals surface area (Å²) >= 11 is 3.30. The second kappa shape index (κ2) is 6.46. The average Bonchev–Trinajstić information content (AvgIpc) is 3.08. The van der Waals surface area contributed by atoms with Crippen molar-refractivity contribution >= 4 is 15.9 Å². The van der Waals surface area contributed by atoms with Gasteiger partial charge in [-0.1, -0.05) is 28.9 Å². The van der Waals surface area contributed by atoms with E-state index >= 15 is 0 Å². The van der Waals surface area contributed by atoms with E-state index in [0.717, 1.165) is 16.0 Å². The van der Waals surface area contributed by atoms with Gasteiger partial charge in [-0.2, -0.15) is 4.98 Å². The minimum Gasteiger partial charge on any atom is -0.453 e. The molecule has 5 nitrogen and oxygen atoms in total. The monoisotopic (exact) mass is 361 g/mol. The summed E-state index contributed by atoms with van der Waals surface area (Å²) in [6.07, 6.45) is 0. The molecule has 0 radical (unpaired) electrons. The Hall–Kier alpha value is -1.92. The number of hydrogen-bond acceptors (Lipinski definition) is 5. The van der Waals surface area contributed by atoms with Gasteiger partial charge in [0.1, 0.15) is 5.76 Å². The highest BCUT2D eigenvalue weighted by Crippen LogP contribution is 2.19. The summed E-state index contributed by atoms with van der Waals surface area (Å²) < 4.78 is 11.5. The van der Waals surface area contributed by atoms with Crippen molar-refractivity contribution in [3.8, 4) is 11.4 Å². The molecular weight excluding hydrogens is 346 g/mol. The van der Waals surface area contributed by atoms with Gasteiger partial charge in [0, 0.05) is 5.56 Å². The van der Waals surface area contributed by atoms with Gasteiger partial charge in [0.2, 0.25) is 11.7 Å². The van der Waals surface area contributed by atoms with Crippen LogP contribution in [0.5, 0.6) is 0 Å². The van der Waals surface area contributed by atoms with Crippen LogP contribution in [0, 0.1) is 6.92 Å². The molecule has 6 heteroatoms. The van der Waals surface area contributed by atoms with Gasteiger partial charge in [0.05, 0.1) is 13.1 Å². The third-order valence-corrected chi connectivity index (χ3v) is 3.63. The summed E-state index contributed by atoms with van der Waals surface area (Å²) in [5.41, 5.74) is 2.14. The molecule has 3 aromatic rings. The molecule has 0 spiro atoms. The van der Waals surface area contributed by atoms with E-state index in [2.05, 4.69) is 31.0 Å². The van der Waals surface area contributed by atoms with Crippen LogP contribution >= 0.6 is 15.9 Å². The highest BCUT2D eigenvalue weighted by molar-refractivity contribution is 9.10. The summed E-state index contributed by atoms with van der Waals surface area (Å²) in [5, 5.41) is 4.05. The predicted octanol–water partition coefficient (Wildman–Crippen LogP) is 4.03. The Morgan fingerprint density at radius 1 is 1.18 bits per heavy atom. The van der Waals surface area contributed by atoms with E-state index in [4.69, 9.17) is 8.94 Å². The standard InChI is InChI=1S/C16H16BrN3O2/c1-11-4-3-5-12(8-11)16-18-15(22-19-16)10-20(2)9-13-6-7-14(17)21-13/h3-8H,9-10H2,1-2H3. The topological polar surface area (TPSA) is 55.3 Å². The van der Waals surface area contributed by atoms with E-state index in [9.17, 15) is 0 Å². The van der Waals surface area contributed by atoms with Gasteiger partial charge in [-0.25, -0.2) is 0 Å². The Bertz CT molecular complexity index is 766. The summed E-state index contributed by atoms with van der Waals surface area (Å²) in [6, 6.07) is 11.9. The van der Waals surface area contributed by atoms with E-state index in [-0.39, 0.29) is 0 Å². The second-order valence-electron chi connectivity index (χ2n) is 5.26. The molecule has 0 atom stereocenters. The van der Waals surface area contributed by atoms with Crippen molar-refractivity contribution in [1.29, 1.82) is 0 Å². The van der Waals surface area contributed by atoms with E-state index in [1.54, 1.807) is 0 Å². The first kappa shape index (κ1) is 15.0. The lowest BCUT2D eigenvalue weighted by Crippen LogP contribution is -2.17. The molecule has 0 aliphatic rings. The smallest absolute Gasteiger partial charge is 0.241 e. The number of rotatable bonds is 5. The van der Waals surface area contributed by atoms with Crippen LogP contribution in [0.4, 0.5) is 0 Å². The molecule has 0 fully saturated rings. The molecular formula is C16H16BrN3O2. The fraction of sp³-hybridized carbons (Fsp3) is 0.250. The zero-order chi connectivity index (χ0) is 15.5.